The van der Waals surface area contributed by atoms with Gasteiger partial charge < -0.3 is 5.32 Å². The number of rotatable bonds is 1. The molecule has 6 nitrogen and oxygen atoms in total. The molecule has 2 aromatic rings. The standard InChI is InChI=1S/C23H18Cl3N3O3/c1-10-13(24)7-5-12-19(10)27-22(32)23(12)18-17(16-3-2-8-28(16)23)20(30)29(21(18)31)11-4-6-14(25)15(26)9-11/h4-7,9,16-18H,2-3,8H2,1H3,(H,27,32)/t16-,17+,18+,23+/m1/s1. The first kappa shape index (κ1) is 20.5. The Bertz CT molecular complexity index is 1250. The lowest BCUT2D eigenvalue weighted by atomic mass is 9.75. The fourth-order valence-electron chi connectivity index (χ4n) is 6.27. The van der Waals surface area contributed by atoms with Crippen LogP contribution in [0.4, 0.5) is 11.4 Å². The molecule has 3 saturated heterocycles. The van der Waals surface area contributed by atoms with Gasteiger partial charge in [0.25, 0.3) is 0 Å². The van der Waals surface area contributed by atoms with Crippen LogP contribution in [0.3, 0.4) is 0 Å². The van der Waals surface area contributed by atoms with E-state index in [0.29, 0.717) is 28.0 Å². The smallest absolute Gasteiger partial charge is 0.250 e. The minimum atomic E-state index is -1.23. The van der Waals surface area contributed by atoms with Crippen molar-refractivity contribution in [3.63, 3.8) is 0 Å². The Kier molecular flexibility index (Phi) is 4.29. The van der Waals surface area contributed by atoms with E-state index in [-0.39, 0.29) is 28.8 Å². The van der Waals surface area contributed by atoms with Crippen molar-refractivity contribution in [1.29, 1.82) is 0 Å². The number of nitrogens with zero attached hydrogens (tertiary/aromatic N) is 2. The summed E-state index contributed by atoms with van der Waals surface area (Å²) >= 11 is 18.5. The van der Waals surface area contributed by atoms with Gasteiger partial charge in [0.2, 0.25) is 17.7 Å². The fourth-order valence-corrected chi connectivity index (χ4v) is 6.72. The molecule has 4 aliphatic heterocycles. The molecule has 1 N–H and O–H groups in total. The Balaban J connectivity index is 1.56. The molecule has 0 radical (unpaired) electrons. The van der Waals surface area contributed by atoms with E-state index in [9.17, 15) is 14.4 Å². The Hall–Kier alpha value is -2.12. The molecule has 0 bridgehead atoms. The van der Waals surface area contributed by atoms with Crippen molar-refractivity contribution < 1.29 is 14.4 Å². The lowest BCUT2D eigenvalue weighted by Crippen LogP contribution is -2.54. The van der Waals surface area contributed by atoms with E-state index in [2.05, 4.69) is 10.2 Å². The molecule has 32 heavy (non-hydrogen) atoms. The molecule has 0 saturated carbocycles. The second kappa shape index (κ2) is 6.70. The van der Waals surface area contributed by atoms with Crippen LogP contribution in [-0.4, -0.2) is 35.2 Å². The summed E-state index contributed by atoms with van der Waals surface area (Å²) in [5, 5.41) is 4.12. The molecule has 9 heteroatoms. The third-order valence-corrected chi connectivity index (χ3v) is 8.67. The number of hydrogen-bond donors (Lipinski definition) is 1. The van der Waals surface area contributed by atoms with Crippen molar-refractivity contribution in [2.45, 2.75) is 31.3 Å². The highest BCUT2D eigenvalue weighted by atomic mass is 35.5. The zero-order valence-electron chi connectivity index (χ0n) is 17.0. The highest BCUT2D eigenvalue weighted by molar-refractivity contribution is 6.42. The first-order valence-corrected chi connectivity index (χ1v) is 11.6. The third-order valence-electron chi connectivity index (χ3n) is 7.52. The molecule has 3 fully saturated rings. The fraction of sp³-hybridized carbons (Fsp3) is 0.348. The number of fused-ring (bicyclic) bond motifs is 7. The summed E-state index contributed by atoms with van der Waals surface area (Å²) in [5.41, 5.74) is 1.26. The van der Waals surface area contributed by atoms with Gasteiger partial charge in [-0.3, -0.25) is 19.3 Å². The average molecular weight is 491 g/mol. The summed E-state index contributed by atoms with van der Waals surface area (Å²) in [7, 11) is 0. The first-order chi connectivity index (χ1) is 15.3. The number of carbonyl (C=O) groups excluding carboxylic acids is 3. The Morgan fingerprint density at radius 3 is 2.50 bits per heavy atom. The number of amides is 3. The van der Waals surface area contributed by atoms with E-state index in [4.69, 9.17) is 34.8 Å². The van der Waals surface area contributed by atoms with Gasteiger partial charge in [0.05, 0.1) is 33.3 Å². The topological polar surface area (TPSA) is 69.7 Å². The van der Waals surface area contributed by atoms with Gasteiger partial charge in [-0.25, -0.2) is 4.90 Å². The number of halogens is 3. The SMILES string of the molecule is Cc1c(Cl)ccc2c1NC(=O)[C@@]21[C@@H]2C(=O)N(c3ccc(Cl)c(Cl)c3)C(=O)[C@H]2[C@H]2CCCN21. The molecule has 0 aliphatic carbocycles. The summed E-state index contributed by atoms with van der Waals surface area (Å²) in [6.07, 6.45) is 1.62. The highest BCUT2D eigenvalue weighted by Crippen LogP contribution is 2.61. The minimum absolute atomic E-state index is 0.183. The van der Waals surface area contributed by atoms with Gasteiger partial charge in [0.15, 0.2) is 0 Å². The largest absolute Gasteiger partial charge is 0.324 e. The summed E-state index contributed by atoms with van der Waals surface area (Å²) in [6, 6.07) is 8.09. The van der Waals surface area contributed by atoms with Crippen LogP contribution >= 0.6 is 34.8 Å². The second-order valence-corrected chi connectivity index (χ2v) is 10.1. The van der Waals surface area contributed by atoms with E-state index in [1.54, 1.807) is 18.2 Å². The number of benzene rings is 2. The number of nitrogens with one attached hydrogen (secondary N) is 1. The maximum absolute atomic E-state index is 13.9. The molecule has 3 amide bonds. The number of imide groups is 1. The van der Waals surface area contributed by atoms with Crippen molar-refractivity contribution in [1.82, 2.24) is 4.90 Å². The zero-order chi connectivity index (χ0) is 22.5. The maximum Gasteiger partial charge on any atom is 0.250 e. The van der Waals surface area contributed by atoms with Gasteiger partial charge in [0, 0.05) is 16.6 Å². The molecular weight excluding hydrogens is 473 g/mol. The summed E-state index contributed by atoms with van der Waals surface area (Å²) in [5.74, 6) is -2.37. The molecule has 4 aliphatic rings. The molecule has 0 aromatic heterocycles. The van der Waals surface area contributed by atoms with Crippen LogP contribution in [0.15, 0.2) is 30.3 Å². The Labute approximate surface area is 199 Å². The van der Waals surface area contributed by atoms with Crippen molar-refractivity contribution in [2.24, 2.45) is 11.8 Å². The van der Waals surface area contributed by atoms with Crippen LogP contribution in [0.2, 0.25) is 15.1 Å². The van der Waals surface area contributed by atoms with E-state index in [0.717, 1.165) is 24.0 Å². The van der Waals surface area contributed by atoms with Gasteiger partial charge in [-0.15, -0.1) is 0 Å². The number of carbonyl (C=O) groups is 3. The third kappa shape index (κ3) is 2.29. The molecule has 2 aromatic carbocycles. The number of anilines is 2. The van der Waals surface area contributed by atoms with E-state index in [1.807, 2.05) is 13.0 Å². The van der Waals surface area contributed by atoms with Gasteiger partial charge in [-0.05, 0) is 56.1 Å². The van der Waals surface area contributed by atoms with Gasteiger partial charge >= 0.3 is 0 Å². The van der Waals surface area contributed by atoms with Crippen LogP contribution in [-0.2, 0) is 19.9 Å². The molecule has 4 atom stereocenters. The number of hydrogen-bond acceptors (Lipinski definition) is 4. The molecule has 4 heterocycles. The zero-order valence-corrected chi connectivity index (χ0v) is 19.3. The maximum atomic E-state index is 13.9. The molecule has 6 rings (SSSR count). The summed E-state index contributed by atoms with van der Waals surface area (Å²) in [4.78, 5) is 44.5. The van der Waals surface area contributed by atoms with Crippen molar-refractivity contribution >= 4 is 63.9 Å². The Morgan fingerprint density at radius 1 is 1.00 bits per heavy atom. The summed E-state index contributed by atoms with van der Waals surface area (Å²) in [6.45, 7) is 2.50. The van der Waals surface area contributed by atoms with Crippen LogP contribution in [0, 0.1) is 18.8 Å². The molecule has 0 unspecified atom stereocenters. The van der Waals surface area contributed by atoms with Crippen LogP contribution in [0.25, 0.3) is 0 Å². The van der Waals surface area contributed by atoms with Crippen molar-refractivity contribution in [3.8, 4) is 0 Å². The molecule has 1 spiro atoms. The van der Waals surface area contributed by atoms with Crippen molar-refractivity contribution in [3.05, 3.63) is 56.5 Å². The monoisotopic (exact) mass is 489 g/mol. The van der Waals surface area contributed by atoms with Gasteiger partial charge in [0.1, 0.15) is 5.54 Å². The van der Waals surface area contributed by atoms with Crippen LogP contribution < -0.4 is 10.2 Å². The van der Waals surface area contributed by atoms with Crippen molar-refractivity contribution in [2.75, 3.05) is 16.8 Å². The normalized spacial score (nSPS) is 30.8. The summed E-state index contributed by atoms with van der Waals surface area (Å²) < 4.78 is 0. The first-order valence-electron chi connectivity index (χ1n) is 10.5. The lowest BCUT2D eigenvalue weighted by Gasteiger charge is -2.36. The quantitative estimate of drug-likeness (QED) is 0.602. The highest BCUT2D eigenvalue weighted by Gasteiger charge is 2.74. The molecule has 164 valence electrons. The predicted octanol–water partition coefficient (Wildman–Crippen LogP) is 4.39. The second-order valence-electron chi connectivity index (χ2n) is 8.83. The lowest BCUT2D eigenvalue weighted by molar-refractivity contribution is -0.135. The van der Waals surface area contributed by atoms with E-state index in [1.165, 1.54) is 11.0 Å². The van der Waals surface area contributed by atoms with Gasteiger partial charge in [-0.1, -0.05) is 40.9 Å². The van der Waals surface area contributed by atoms with Gasteiger partial charge in [-0.2, -0.15) is 0 Å². The predicted molar refractivity (Wildman–Crippen MR) is 122 cm³/mol. The van der Waals surface area contributed by atoms with Crippen LogP contribution in [0.5, 0.6) is 0 Å². The van der Waals surface area contributed by atoms with E-state index >= 15 is 0 Å². The van der Waals surface area contributed by atoms with Crippen LogP contribution in [0.1, 0.15) is 24.0 Å². The molecular formula is C23H18Cl3N3O3. The Morgan fingerprint density at radius 2 is 1.75 bits per heavy atom. The minimum Gasteiger partial charge on any atom is -0.324 e. The average Bonchev–Trinajstić information content (AvgIpc) is 3.46. The van der Waals surface area contributed by atoms with E-state index < -0.39 is 17.4 Å².